The first-order chi connectivity index (χ1) is 10.2. The summed E-state index contributed by atoms with van der Waals surface area (Å²) in [5, 5.41) is 0. The van der Waals surface area contributed by atoms with Crippen LogP contribution in [0.3, 0.4) is 0 Å². The Morgan fingerprint density at radius 3 is 2.61 bits per heavy atom. The van der Waals surface area contributed by atoms with Crippen molar-refractivity contribution < 1.29 is 9.13 Å². The highest BCUT2D eigenvalue weighted by molar-refractivity contribution is 7.59. The summed E-state index contributed by atoms with van der Waals surface area (Å²) < 4.78 is 18.8. The highest BCUT2D eigenvalue weighted by Gasteiger charge is 2.38. The number of aromatic nitrogens is 1. The van der Waals surface area contributed by atoms with Crippen LogP contribution >= 0.6 is 27.0 Å². The van der Waals surface area contributed by atoms with Gasteiger partial charge in [0.05, 0.1) is 6.61 Å². The van der Waals surface area contributed by atoms with E-state index in [1.807, 2.05) is 25.1 Å². The lowest BCUT2D eigenvalue weighted by Gasteiger charge is -2.11. The number of nitrogen functional groups attached to an aromatic ring is 1. The molecule has 2 aromatic rings. The molecular weight excluding hydrogens is 333 g/mol. The zero-order valence-corrected chi connectivity index (χ0v) is 14.8. The minimum absolute atomic E-state index is 0. The highest BCUT2D eigenvalue weighted by atomic mass is 32.1. The maximum atomic E-state index is 12.9. The molecule has 0 spiro atoms. The van der Waals surface area contributed by atoms with Crippen molar-refractivity contribution in [2.75, 3.05) is 12.0 Å². The van der Waals surface area contributed by atoms with E-state index in [1.165, 1.54) is 17.7 Å². The third kappa shape index (κ3) is 4.53. The number of hydrogen-bond donors (Lipinski definition) is 2. The number of nitrogens with two attached hydrogens (primary N) is 1. The molecule has 126 valence electrons. The van der Waals surface area contributed by atoms with Crippen molar-refractivity contribution in [3.05, 3.63) is 53.5 Å². The number of ether oxygens (including phenoxy) is 1. The Bertz CT molecular complexity index is 640. The van der Waals surface area contributed by atoms with E-state index in [-0.39, 0.29) is 32.8 Å². The first-order valence-electron chi connectivity index (χ1n) is 6.99. The van der Waals surface area contributed by atoms with Gasteiger partial charge in [0.2, 0.25) is 0 Å². The summed E-state index contributed by atoms with van der Waals surface area (Å²) in [6.07, 6.45) is 2.75. The summed E-state index contributed by atoms with van der Waals surface area (Å²) in [5.41, 5.74) is 4.64. The molecule has 23 heavy (non-hydrogen) atoms. The Morgan fingerprint density at radius 1 is 1.26 bits per heavy atom. The van der Waals surface area contributed by atoms with E-state index < -0.39 is 0 Å². The minimum atomic E-state index is -0.193. The summed E-state index contributed by atoms with van der Waals surface area (Å²) in [5.74, 6) is 7.58. The molecule has 0 aliphatic heterocycles. The zero-order chi connectivity index (χ0) is 14.8. The Labute approximate surface area is 149 Å². The fourth-order valence-corrected chi connectivity index (χ4v) is 2.57. The second kappa shape index (κ2) is 8.42. The maximum Gasteiger partial charge on any atom is 0.146 e. The Balaban J connectivity index is 0.00000132. The standard InChI is InChI=1S/C16H18FN3O.2H2S/c1-10-15(6-7-19-16(10)20-18)21-9-12-8-14(12)11-2-4-13(17)5-3-11;;/h2-7,12,14H,8-9,18H2,1H3,(H,19,20);2*1H2/t12-,14-;;/m1../s1. The van der Waals surface area contributed by atoms with Crippen molar-refractivity contribution in [3.8, 4) is 5.75 Å². The summed E-state index contributed by atoms with van der Waals surface area (Å²) in [6.45, 7) is 2.57. The van der Waals surface area contributed by atoms with Crippen LogP contribution < -0.4 is 16.0 Å². The van der Waals surface area contributed by atoms with E-state index in [0.29, 0.717) is 24.3 Å². The van der Waals surface area contributed by atoms with Gasteiger partial charge in [-0.15, -0.1) is 0 Å². The van der Waals surface area contributed by atoms with Gasteiger partial charge in [-0.1, -0.05) is 12.1 Å². The van der Waals surface area contributed by atoms with Crippen LogP contribution in [0.25, 0.3) is 0 Å². The number of nitrogens with zero attached hydrogens (tertiary/aromatic N) is 1. The lowest BCUT2D eigenvalue weighted by Crippen LogP contribution is -2.11. The van der Waals surface area contributed by atoms with Crippen molar-refractivity contribution >= 4 is 32.8 Å². The summed E-state index contributed by atoms with van der Waals surface area (Å²) in [7, 11) is 0. The van der Waals surface area contributed by atoms with E-state index in [9.17, 15) is 4.39 Å². The molecule has 0 unspecified atom stereocenters. The quantitative estimate of drug-likeness (QED) is 0.639. The fourth-order valence-electron chi connectivity index (χ4n) is 2.57. The van der Waals surface area contributed by atoms with Crippen LogP contribution in [0.2, 0.25) is 0 Å². The van der Waals surface area contributed by atoms with Crippen LogP contribution in [0.1, 0.15) is 23.5 Å². The van der Waals surface area contributed by atoms with Gasteiger partial charge in [-0.25, -0.2) is 15.2 Å². The van der Waals surface area contributed by atoms with Crippen molar-refractivity contribution in [1.29, 1.82) is 0 Å². The number of hydrogen-bond acceptors (Lipinski definition) is 4. The van der Waals surface area contributed by atoms with Crippen molar-refractivity contribution in [1.82, 2.24) is 4.98 Å². The molecule has 1 aliphatic rings. The molecule has 1 fully saturated rings. The average molecular weight is 356 g/mol. The van der Waals surface area contributed by atoms with Crippen LogP contribution in [0.15, 0.2) is 36.5 Å². The third-order valence-corrected chi connectivity index (χ3v) is 3.96. The monoisotopic (exact) mass is 355 g/mol. The molecule has 0 bridgehead atoms. The molecule has 2 atom stereocenters. The van der Waals surface area contributed by atoms with Crippen LogP contribution in [-0.2, 0) is 0 Å². The van der Waals surface area contributed by atoms with E-state index in [1.54, 1.807) is 6.20 Å². The summed E-state index contributed by atoms with van der Waals surface area (Å²) in [6, 6.07) is 8.57. The highest BCUT2D eigenvalue weighted by Crippen LogP contribution is 2.47. The predicted octanol–water partition coefficient (Wildman–Crippen LogP) is 3.22. The molecule has 0 radical (unpaired) electrons. The molecular formula is C16H22FN3OS2. The second-order valence-electron chi connectivity index (χ2n) is 5.39. The summed E-state index contributed by atoms with van der Waals surface area (Å²) >= 11 is 0. The van der Waals surface area contributed by atoms with Gasteiger partial charge >= 0.3 is 0 Å². The Morgan fingerprint density at radius 2 is 1.96 bits per heavy atom. The Kier molecular flexibility index (Phi) is 7.18. The van der Waals surface area contributed by atoms with Gasteiger partial charge in [0.1, 0.15) is 17.4 Å². The number of benzene rings is 1. The zero-order valence-electron chi connectivity index (χ0n) is 12.8. The smallest absolute Gasteiger partial charge is 0.146 e. The van der Waals surface area contributed by atoms with Crippen LogP contribution in [0.4, 0.5) is 10.2 Å². The largest absolute Gasteiger partial charge is 0.493 e. The van der Waals surface area contributed by atoms with Gasteiger partial charge in [0.25, 0.3) is 0 Å². The third-order valence-electron chi connectivity index (χ3n) is 3.96. The van der Waals surface area contributed by atoms with Crippen LogP contribution in [0, 0.1) is 18.7 Å². The fraction of sp³-hybridized carbons (Fsp3) is 0.312. The number of anilines is 1. The van der Waals surface area contributed by atoms with Crippen molar-refractivity contribution in [2.24, 2.45) is 11.8 Å². The molecule has 1 heterocycles. The molecule has 3 rings (SSSR count). The molecule has 1 aromatic carbocycles. The van der Waals surface area contributed by atoms with Gasteiger partial charge < -0.3 is 10.2 Å². The molecule has 1 aliphatic carbocycles. The van der Waals surface area contributed by atoms with Gasteiger partial charge in [0.15, 0.2) is 0 Å². The summed E-state index contributed by atoms with van der Waals surface area (Å²) in [4.78, 5) is 4.12. The molecule has 7 heteroatoms. The second-order valence-corrected chi connectivity index (χ2v) is 5.39. The van der Waals surface area contributed by atoms with E-state index in [4.69, 9.17) is 10.6 Å². The number of pyridine rings is 1. The molecule has 0 saturated heterocycles. The normalized spacial score (nSPS) is 18.4. The van der Waals surface area contributed by atoms with Gasteiger partial charge in [-0.3, -0.25) is 0 Å². The average Bonchev–Trinajstić information content (AvgIpc) is 3.26. The van der Waals surface area contributed by atoms with Gasteiger partial charge in [-0.05, 0) is 43.0 Å². The lowest BCUT2D eigenvalue weighted by atomic mass is 10.1. The maximum absolute atomic E-state index is 12.9. The van der Waals surface area contributed by atoms with E-state index in [2.05, 4.69) is 10.4 Å². The first-order valence-corrected chi connectivity index (χ1v) is 6.99. The number of hydrazine groups is 1. The topological polar surface area (TPSA) is 60.2 Å². The molecule has 1 aromatic heterocycles. The minimum Gasteiger partial charge on any atom is -0.493 e. The first kappa shape index (κ1) is 19.6. The number of rotatable bonds is 5. The van der Waals surface area contributed by atoms with Crippen LogP contribution in [0.5, 0.6) is 5.75 Å². The van der Waals surface area contributed by atoms with Crippen molar-refractivity contribution in [2.45, 2.75) is 19.3 Å². The molecule has 3 N–H and O–H groups in total. The van der Waals surface area contributed by atoms with Crippen LogP contribution in [-0.4, -0.2) is 11.6 Å². The SMILES string of the molecule is Cc1c(OC[C@H]2C[C@@H]2c2ccc(F)cc2)ccnc1NN.S.S. The van der Waals surface area contributed by atoms with Gasteiger partial charge in [-0.2, -0.15) is 27.0 Å². The molecule has 1 saturated carbocycles. The van der Waals surface area contributed by atoms with Gasteiger partial charge in [0, 0.05) is 17.7 Å². The number of halogens is 1. The molecule has 0 amide bonds. The van der Waals surface area contributed by atoms with E-state index in [0.717, 1.165) is 17.7 Å². The van der Waals surface area contributed by atoms with Crippen molar-refractivity contribution in [3.63, 3.8) is 0 Å². The van der Waals surface area contributed by atoms with E-state index >= 15 is 0 Å². The predicted molar refractivity (Wildman–Crippen MR) is 100 cm³/mol. The lowest BCUT2D eigenvalue weighted by molar-refractivity contribution is 0.295. The molecule has 4 nitrogen and oxygen atoms in total. The number of nitrogens with one attached hydrogen (secondary N) is 1. The Hall–Kier alpha value is -1.44.